The van der Waals surface area contributed by atoms with E-state index in [4.69, 9.17) is 5.11 Å². The number of nitrogens with one attached hydrogen (secondary N) is 1. The quantitative estimate of drug-likeness (QED) is 0.639. The molecule has 0 aromatic carbocycles. The molecule has 0 saturated heterocycles. The second-order valence-corrected chi connectivity index (χ2v) is 2.97. The maximum Gasteiger partial charge on any atom is 0.326 e. The number of carboxylic acids is 1. The Bertz CT molecular complexity index is 367. The molecule has 1 unspecified atom stereocenters. The molecule has 80 valence electrons. The van der Waals surface area contributed by atoms with Gasteiger partial charge in [0, 0.05) is 18.3 Å². The van der Waals surface area contributed by atoms with Crippen LogP contribution in [0.25, 0.3) is 0 Å². The maximum absolute atomic E-state index is 10.7. The summed E-state index contributed by atoms with van der Waals surface area (Å²) in [6.45, 7) is 1.71. The molecule has 2 N–H and O–H groups in total. The van der Waals surface area contributed by atoms with Crippen LogP contribution in [0.5, 0.6) is 0 Å². The van der Waals surface area contributed by atoms with Crippen molar-refractivity contribution in [2.45, 2.75) is 19.4 Å². The number of hydrogen-bond donors (Lipinski definition) is 2. The zero-order valence-electron chi connectivity index (χ0n) is 8.17. The molecule has 1 aromatic rings. The van der Waals surface area contributed by atoms with E-state index in [0.29, 0.717) is 17.9 Å². The Hall–Kier alpha value is -1.98. The van der Waals surface area contributed by atoms with E-state index in [-0.39, 0.29) is 6.42 Å². The van der Waals surface area contributed by atoms with E-state index in [0.717, 1.165) is 0 Å². The molecular weight excluding hydrogens is 198 g/mol. The molecule has 0 radical (unpaired) electrons. The minimum Gasteiger partial charge on any atom is -0.480 e. The molecule has 1 atom stereocenters. The van der Waals surface area contributed by atoms with Crippen molar-refractivity contribution in [1.29, 1.82) is 0 Å². The average Bonchev–Trinajstić information content (AvgIpc) is 2.17. The van der Waals surface area contributed by atoms with Gasteiger partial charge in [-0.2, -0.15) is 0 Å². The van der Waals surface area contributed by atoms with E-state index in [9.17, 15) is 9.59 Å². The molecule has 15 heavy (non-hydrogen) atoms. The summed E-state index contributed by atoms with van der Waals surface area (Å²) in [5.41, 5.74) is 0.587. The van der Waals surface area contributed by atoms with Crippen molar-refractivity contribution in [2.24, 2.45) is 0 Å². The highest BCUT2D eigenvalue weighted by atomic mass is 16.4. The van der Waals surface area contributed by atoms with Crippen molar-refractivity contribution < 1.29 is 14.7 Å². The highest BCUT2D eigenvalue weighted by molar-refractivity contribution is 5.76. The van der Waals surface area contributed by atoms with Crippen molar-refractivity contribution in [3.63, 3.8) is 0 Å². The lowest BCUT2D eigenvalue weighted by atomic mass is 10.1. The first-order chi connectivity index (χ1) is 7.13. The van der Waals surface area contributed by atoms with Gasteiger partial charge in [-0.1, -0.05) is 0 Å². The number of aryl methyl sites for hydroxylation is 1. The number of aromatic nitrogens is 2. The summed E-state index contributed by atoms with van der Waals surface area (Å²) in [5, 5.41) is 11.0. The summed E-state index contributed by atoms with van der Waals surface area (Å²) in [5.74, 6) is -0.513. The summed E-state index contributed by atoms with van der Waals surface area (Å²) in [4.78, 5) is 28.8. The molecule has 0 aliphatic heterocycles. The van der Waals surface area contributed by atoms with Gasteiger partial charge in [-0.3, -0.25) is 4.79 Å². The Balaban J connectivity index is 2.73. The molecule has 0 aliphatic rings. The van der Waals surface area contributed by atoms with Crippen LogP contribution < -0.4 is 5.32 Å². The number of nitrogens with zero attached hydrogens (tertiary/aromatic N) is 2. The van der Waals surface area contributed by atoms with Crippen molar-refractivity contribution in [1.82, 2.24) is 15.3 Å². The molecule has 0 bridgehead atoms. The van der Waals surface area contributed by atoms with Crippen LogP contribution in [0.3, 0.4) is 0 Å². The Morgan fingerprint density at radius 3 is 3.00 bits per heavy atom. The average molecular weight is 209 g/mol. The first kappa shape index (κ1) is 11.1. The number of rotatable bonds is 5. The number of amides is 1. The van der Waals surface area contributed by atoms with Gasteiger partial charge in [0.05, 0.1) is 0 Å². The third-order valence-corrected chi connectivity index (χ3v) is 1.81. The number of hydrogen-bond acceptors (Lipinski definition) is 4. The van der Waals surface area contributed by atoms with E-state index in [1.807, 2.05) is 0 Å². The first-order valence-electron chi connectivity index (χ1n) is 4.34. The van der Waals surface area contributed by atoms with E-state index < -0.39 is 12.0 Å². The van der Waals surface area contributed by atoms with Gasteiger partial charge in [0.15, 0.2) is 0 Å². The molecule has 0 spiro atoms. The monoisotopic (exact) mass is 209 g/mol. The highest BCUT2D eigenvalue weighted by Gasteiger charge is 2.17. The van der Waals surface area contributed by atoms with Crippen LogP contribution in [0.2, 0.25) is 0 Å². The lowest BCUT2D eigenvalue weighted by Crippen LogP contribution is -2.37. The normalized spacial score (nSPS) is 11.8. The summed E-state index contributed by atoms with van der Waals surface area (Å²) >= 11 is 0. The zero-order chi connectivity index (χ0) is 11.3. The zero-order valence-corrected chi connectivity index (χ0v) is 8.17. The summed E-state index contributed by atoms with van der Waals surface area (Å²) in [7, 11) is 0. The van der Waals surface area contributed by atoms with Gasteiger partial charge in [0.2, 0.25) is 6.41 Å². The number of carbonyl (C=O) groups is 2. The summed E-state index contributed by atoms with van der Waals surface area (Å²) in [6, 6.07) is 0.673. The Morgan fingerprint density at radius 1 is 1.73 bits per heavy atom. The molecule has 6 heteroatoms. The van der Waals surface area contributed by atoms with Crippen molar-refractivity contribution in [3.05, 3.63) is 23.8 Å². The predicted molar refractivity (Wildman–Crippen MR) is 51.1 cm³/mol. The summed E-state index contributed by atoms with van der Waals surface area (Å²) < 4.78 is 0. The predicted octanol–water partition coefficient (Wildman–Crippen LogP) is -0.473. The van der Waals surface area contributed by atoms with Crippen LogP contribution in [0.15, 0.2) is 12.3 Å². The van der Waals surface area contributed by atoms with Gasteiger partial charge in [-0.15, -0.1) is 0 Å². The minimum absolute atomic E-state index is 0.150. The van der Waals surface area contributed by atoms with Crippen molar-refractivity contribution >= 4 is 12.4 Å². The smallest absolute Gasteiger partial charge is 0.326 e. The fourth-order valence-corrected chi connectivity index (χ4v) is 1.13. The minimum atomic E-state index is -1.08. The second-order valence-electron chi connectivity index (χ2n) is 2.97. The van der Waals surface area contributed by atoms with E-state index in [1.165, 1.54) is 0 Å². The SMILES string of the molecule is Cc1nccc(CC(NC=O)C(=O)O)n1. The Kier molecular flexibility index (Phi) is 3.73. The van der Waals surface area contributed by atoms with Gasteiger partial charge in [-0.25, -0.2) is 14.8 Å². The van der Waals surface area contributed by atoms with Gasteiger partial charge >= 0.3 is 5.97 Å². The molecule has 0 aliphatic carbocycles. The van der Waals surface area contributed by atoms with Gasteiger partial charge in [0.1, 0.15) is 11.9 Å². The fourth-order valence-electron chi connectivity index (χ4n) is 1.13. The topological polar surface area (TPSA) is 92.2 Å². The number of carboxylic acid groups (broad SMARTS) is 1. The maximum atomic E-state index is 10.7. The second kappa shape index (κ2) is 5.04. The van der Waals surface area contributed by atoms with E-state index >= 15 is 0 Å². The van der Waals surface area contributed by atoms with Gasteiger partial charge < -0.3 is 10.4 Å². The van der Waals surface area contributed by atoms with E-state index in [2.05, 4.69) is 15.3 Å². The van der Waals surface area contributed by atoms with E-state index in [1.54, 1.807) is 19.2 Å². The molecule has 0 saturated carbocycles. The highest BCUT2D eigenvalue weighted by Crippen LogP contribution is 2.00. The van der Waals surface area contributed by atoms with Crippen molar-refractivity contribution in [3.8, 4) is 0 Å². The van der Waals surface area contributed by atoms with Crippen molar-refractivity contribution in [2.75, 3.05) is 0 Å². The summed E-state index contributed by atoms with van der Waals surface area (Å²) in [6.07, 6.45) is 2.07. The lowest BCUT2D eigenvalue weighted by molar-refractivity contribution is -0.140. The van der Waals surface area contributed by atoms with Gasteiger partial charge in [0.25, 0.3) is 0 Å². The van der Waals surface area contributed by atoms with Crippen LogP contribution in [-0.4, -0.2) is 33.5 Å². The van der Waals surface area contributed by atoms with Crippen LogP contribution in [-0.2, 0) is 16.0 Å². The van der Waals surface area contributed by atoms with Gasteiger partial charge in [-0.05, 0) is 13.0 Å². The van der Waals surface area contributed by atoms with Crippen LogP contribution in [0, 0.1) is 6.92 Å². The third-order valence-electron chi connectivity index (χ3n) is 1.81. The fraction of sp³-hybridized carbons (Fsp3) is 0.333. The molecule has 1 aromatic heterocycles. The first-order valence-corrected chi connectivity index (χ1v) is 4.34. The number of carbonyl (C=O) groups excluding carboxylic acids is 1. The molecule has 0 fully saturated rings. The third kappa shape index (κ3) is 3.34. The molecule has 1 heterocycles. The molecule has 1 amide bonds. The molecular formula is C9H11N3O3. The Labute approximate surface area is 86.4 Å². The van der Waals surface area contributed by atoms with Crippen LogP contribution in [0.1, 0.15) is 11.5 Å². The van der Waals surface area contributed by atoms with Crippen LogP contribution in [0.4, 0.5) is 0 Å². The lowest BCUT2D eigenvalue weighted by Gasteiger charge is -2.10. The van der Waals surface area contributed by atoms with Crippen LogP contribution >= 0.6 is 0 Å². The molecule has 6 nitrogen and oxygen atoms in total. The number of aliphatic carboxylic acids is 1. The largest absolute Gasteiger partial charge is 0.480 e. The standard InChI is InChI=1S/C9H11N3O3/c1-6-10-3-2-7(12-6)4-8(9(14)15)11-5-13/h2-3,5,8H,4H2,1H3,(H,11,13)(H,14,15). The molecule has 1 rings (SSSR count). The Morgan fingerprint density at radius 2 is 2.47 bits per heavy atom.